The predicted octanol–water partition coefficient (Wildman–Crippen LogP) is 4.30. The lowest BCUT2D eigenvalue weighted by Gasteiger charge is -2.07. The summed E-state index contributed by atoms with van der Waals surface area (Å²) in [5.41, 5.74) is 4.79. The van der Waals surface area contributed by atoms with E-state index in [-0.39, 0.29) is 0 Å². The smallest absolute Gasteiger partial charge is 0.181 e. The first-order valence-electron chi connectivity index (χ1n) is 7.40. The molecule has 0 aliphatic heterocycles. The Bertz CT molecular complexity index is 961. The number of para-hydroxylation sites is 1. The van der Waals surface area contributed by atoms with E-state index in [2.05, 4.69) is 33.4 Å². The molecule has 4 heteroatoms. The summed E-state index contributed by atoms with van der Waals surface area (Å²) in [6.07, 6.45) is 1.85. The molecule has 112 valence electrons. The number of aromatic amines is 1. The van der Waals surface area contributed by atoms with Crippen molar-refractivity contribution in [1.82, 2.24) is 15.2 Å². The quantitative estimate of drug-likeness (QED) is 0.614. The zero-order chi connectivity index (χ0) is 15.6. The molecule has 2 aromatic carbocycles. The monoisotopic (exact) mass is 301 g/mol. The second-order valence-corrected chi connectivity index (χ2v) is 5.26. The molecule has 0 aliphatic carbocycles. The maximum atomic E-state index is 5.46. The number of benzene rings is 2. The molecule has 0 spiro atoms. The van der Waals surface area contributed by atoms with Gasteiger partial charge in [-0.1, -0.05) is 42.5 Å². The van der Waals surface area contributed by atoms with Crippen LogP contribution in [0.2, 0.25) is 0 Å². The van der Waals surface area contributed by atoms with Crippen LogP contribution >= 0.6 is 0 Å². The summed E-state index contributed by atoms with van der Waals surface area (Å²) in [4.78, 5) is 4.48. The van der Waals surface area contributed by atoms with Gasteiger partial charge in [-0.15, -0.1) is 0 Å². The molecule has 23 heavy (non-hydrogen) atoms. The van der Waals surface area contributed by atoms with Crippen LogP contribution in [0.15, 0.2) is 66.9 Å². The summed E-state index contributed by atoms with van der Waals surface area (Å²) < 4.78 is 5.46. The molecule has 4 rings (SSSR count). The molecule has 2 heterocycles. The Kier molecular flexibility index (Phi) is 3.27. The number of hydrogen-bond acceptors (Lipinski definition) is 3. The maximum Gasteiger partial charge on any atom is 0.181 e. The van der Waals surface area contributed by atoms with Gasteiger partial charge in [0.1, 0.15) is 5.75 Å². The molecule has 0 bridgehead atoms. The largest absolute Gasteiger partial charge is 0.496 e. The molecule has 0 atom stereocenters. The van der Waals surface area contributed by atoms with E-state index in [4.69, 9.17) is 4.74 Å². The molecular weight excluding hydrogens is 286 g/mol. The van der Waals surface area contributed by atoms with E-state index >= 15 is 0 Å². The number of ether oxygens (including phenoxy) is 1. The van der Waals surface area contributed by atoms with Crippen LogP contribution in [-0.2, 0) is 0 Å². The highest BCUT2D eigenvalue weighted by molar-refractivity contribution is 5.94. The summed E-state index contributed by atoms with van der Waals surface area (Å²) in [5, 5.41) is 8.39. The number of H-pyrrole nitrogens is 1. The van der Waals surface area contributed by atoms with Crippen LogP contribution in [0.5, 0.6) is 5.75 Å². The molecule has 4 nitrogen and oxygen atoms in total. The fourth-order valence-electron chi connectivity index (χ4n) is 2.74. The van der Waals surface area contributed by atoms with Crippen molar-refractivity contribution in [3.05, 3.63) is 66.9 Å². The fraction of sp³-hybridized carbons (Fsp3) is 0.0526. The van der Waals surface area contributed by atoms with Gasteiger partial charge in [-0.2, -0.15) is 5.10 Å². The zero-order valence-corrected chi connectivity index (χ0v) is 12.7. The standard InChI is InChI=1S/C19H15N3O/c1-23-17-10-6-5-9-15(17)18-16-11-14(12-20-19(16)22-21-18)13-7-3-2-4-8-13/h2-12H,1H3,(H,20,21,22). The van der Waals surface area contributed by atoms with E-state index in [1.807, 2.05) is 48.7 Å². The van der Waals surface area contributed by atoms with Gasteiger partial charge in [0.15, 0.2) is 5.65 Å². The van der Waals surface area contributed by atoms with E-state index in [1.165, 1.54) is 0 Å². The number of hydrogen-bond donors (Lipinski definition) is 1. The van der Waals surface area contributed by atoms with E-state index in [1.54, 1.807) is 7.11 Å². The van der Waals surface area contributed by atoms with E-state index < -0.39 is 0 Å². The fourth-order valence-corrected chi connectivity index (χ4v) is 2.74. The van der Waals surface area contributed by atoms with Crippen molar-refractivity contribution in [3.8, 4) is 28.1 Å². The highest BCUT2D eigenvalue weighted by atomic mass is 16.5. The van der Waals surface area contributed by atoms with Gasteiger partial charge in [-0.25, -0.2) is 4.98 Å². The van der Waals surface area contributed by atoms with Crippen molar-refractivity contribution in [2.75, 3.05) is 7.11 Å². The predicted molar refractivity (Wildman–Crippen MR) is 91.3 cm³/mol. The average molecular weight is 301 g/mol. The summed E-state index contributed by atoms with van der Waals surface area (Å²) in [7, 11) is 1.67. The number of aromatic nitrogens is 3. The molecular formula is C19H15N3O. The highest BCUT2D eigenvalue weighted by Gasteiger charge is 2.13. The molecule has 1 N–H and O–H groups in total. The second kappa shape index (κ2) is 5.57. The van der Waals surface area contributed by atoms with Gasteiger partial charge in [0.2, 0.25) is 0 Å². The molecule has 4 aromatic rings. The van der Waals surface area contributed by atoms with Crippen molar-refractivity contribution in [3.63, 3.8) is 0 Å². The molecule has 0 radical (unpaired) electrons. The van der Waals surface area contributed by atoms with Crippen molar-refractivity contribution in [2.45, 2.75) is 0 Å². The minimum Gasteiger partial charge on any atom is -0.496 e. The van der Waals surface area contributed by atoms with Crippen LogP contribution in [0.4, 0.5) is 0 Å². The first-order valence-corrected chi connectivity index (χ1v) is 7.40. The number of fused-ring (bicyclic) bond motifs is 1. The van der Waals surface area contributed by atoms with Crippen LogP contribution in [-0.4, -0.2) is 22.3 Å². The van der Waals surface area contributed by atoms with Crippen LogP contribution in [0.3, 0.4) is 0 Å². The number of methoxy groups -OCH3 is 1. The number of pyridine rings is 1. The third kappa shape index (κ3) is 2.34. The van der Waals surface area contributed by atoms with Crippen LogP contribution in [0.25, 0.3) is 33.4 Å². The summed E-state index contributed by atoms with van der Waals surface area (Å²) in [6.45, 7) is 0. The normalized spacial score (nSPS) is 10.8. The molecule has 0 unspecified atom stereocenters. The Balaban J connectivity index is 1.92. The number of rotatable bonds is 3. The van der Waals surface area contributed by atoms with Crippen LogP contribution in [0.1, 0.15) is 0 Å². The van der Waals surface area contributed by atoms with Gasteiger partial charge in [0.25, 0.3) is 0 Å². The third-order valence-corrected chi connectivity index (χ3v) is 3.89. The van der Waals surface area contributed by atoms with Crippen molar-refractivity contribution >= 4 is 11.0 Å². The lowest BCUT2D eigenvalue weighted by atomic mass is 10.0. The minimum absolute atomic E-state index is 0.700. The molecule has 0 aliphatic rings. The van der Waals surface area contributed by atoms with E-state index in [0.29, 0.717) is 5.65 Å². The number of nitrogens with one attached hydrogen (secondary N) is 1. The van der Waals surface area contributed by atoms with Gasteiger partial charge in [0.05, 0.1) is 12.8 Å². The van der Waals surface area contributed by atoms with Gasteiger partial charge >= 0.3 is 0 Å². The van der Waals surface area contributed by atoms with Crippen LogP contribution in [0, 0.1) is 0 Å². The zero-order valence-electron chi connectivity index (χ0n) is 12.7. The van der Waals surface area contributed by atoms with Crippen LogP contribution < -0.4 is 4.74 Å². The van der Waals surface area contributed by atoms with Gasteiger partial charge < -0.3 is 4.74 Å². The van der Waals surface area contributed by atoms with Gasteiger partial charge in [-0.05, 0) is 23.8 Å². The maximum absolute atomic E-state index is 5.46. The highest BCUT2D eigenvalue weighted by Crippen LogP contribution is 2.34. The second-order valence-electron chi connectivity index (χ2n) is 5.26. The van der Waals surface area contributed by atoms with Gasteiger partial charge in [-0.3, -0.25) is 5.10 Å². The molecule has 0 saturated carbocycles. The Labute approximate surface area is 133 Å². The minimum atomic E-state index is 0.700. The Morgan fingerprint density at radius 2 is 1.70 bits per heavy atom. The molecule has 0 saturated heterocycles. The Morgan fingerprint density at radius 1 is 0.913 bits per heavy atom. The molecule has 0 amide bonds. The van der Waals surface area contributed by atoms with E-state index in [0.717, 1.165) is 33.5 Å². The van der Waals surface area contributed by atoms with Crippen molar-refractivity contribution in [2.24, 2.45) is 0 Å². The van der Waals surface area contributed by atoms with E-state index in [9.17, 15) is 0 Å². The first-order chi connectivity index (χ1) is 11.4. The third-order valence-electron chi connectivity index (χ3n) is 3.89. The topological polar surface area (TPSA) is 50.8 Å². The number of nitrogens with zero attached hydrogens (tertiary/aromatic N) is 2. The van der Waals surface area contributed by atoms with Crippen molar-refractivity contribution in [1.29, 1.82) is 0 Å². The molecule has 0 fully saturated rings. The average Bonchev–Trinajstić information content (AvgIpc) is 3.05. The Hall–Kier alpha value is -3.14. The summed E-state index contributed by atoms with van der Waals surface area (Å²) >= 11 is 0. The summed E-state index contributed by atoms with van der Waals surface area (Å²) in [5.74, 6) is 0.808. The van der Waals surface area contributed by atoms with Crippen molar-refractivity contribution < 1.29 is 4.74 Å². The summed E-state index contributed by atoms with van der Waals surface area (Å²) in [6, 6.07) is 20.2. The lowest BCUT2D eigenvalue weighted by Crippen LogP contribution is -1.88. The molecule has 2 aromatic heterocycles. The first kappa shape index (κ1) is 13.5. The lowest BCUT2D eigenvalue weighted by molar-refractivity contribution is 0.416. The SMILES string of the molecule is COc1ccccc1-c1[nH]nc2ncc(-c3ccccc3)cc12. The Morgan fingerprint density at radius 3 is 2.52 bits per heavy atom. The van der Waals surface area contributed by atoms with Gasteiger partial charge in [0, 0.05) is 22.7 Å².